The highest BCUT2D eigenvalue weighted by atomic mass is 32.2. The van der Waals surface area contributed by atoms with E-state index in [1.165, 1.54) is 0 Å². The van der Waals surface area contributed by atoms with Crippen LogP contribution >= 0.6 is 0 Å². The highest BCUT2D eigenvalue weighted by Gasteiger charge is 2.30. The lowest BCUT2D eigenvalue weighted by Crippen LogP contribution is -2.47. The van der Waals surface area contributed by atoms with Crippen LogP contribution in [0.15, 0.2) is 0 Å². The van der Waals surface area contributed by atoms with Crippen LogP contribution in [-0.2, 0) is 24.2 Å². The molecule has 1 rings (SSSR count). The van der Waals surface area contributed by atoms with E-state index in [9.17, 15) is 22.8 Å². The number of aliphatic carboxylic acids is 1. The van der Waals surface area contributed by atoms with Crippen molar-refractivity contribution in [3.05, 3.63) is 0 Å². The van der Waals surface area contributed by atoms with Crippen molar-refractivity contribution >= 4 is 27.6 Å². The normalized spacial score (nSPS) is 16.8. The summed E-state index contributed by atoms with van der Waals surface area (Å²) in [7, 11) is -3.50. The highest BCUT2D eigenvalue weighted by Crippen LogP contribution is 2.24. The second-order valence-corrected chi connectivity index (χ2v) is 8.86. The van der Waals surface area contributed by atoms with Crippen molar-refractivity contribution in [3.8, 4) is 0 Å². The molecule has 1 atom stereocenters. The maximum atomic E-state index is 12.0. The molecule has 0 saturated heterocycles. The Hall–Kier alpha value is -1.64. The molecular formula is C15H26N2O6S. The number of carboxylic acids is 1. The lowest BCUT2D eigenvalue weighted by atomic mass is 10.0. The number of carbonyl (C=O) groups is 3. The van der Waals surface area contributed by atoms with E-state index in [-0.39, 0.29) is 12.3 Å². The molecular weight excluding hydrogens is 336 g/mol. The number of nitrogens with one attached hydrogen (secondary N) is 2. The van der Waals surface area contributed by atoms with E-state index in [1.807, 2.05) is 13.8 Å². The predicted molar refractivity (Wildman–Crippen MR) is 88.1 cm³/mol. The van der Waals surface area contributed by atoms with E-state index in [0.29, 0.717) is 12.8 Å². The van der Waals surface area contributed by atoms with Gasteiger partial charge >= 0.3 is 5.97 Å². The monoisotopic (exact) mass is 362 g/mol. The van der Waals surface area contributed by atoms with Gasteiger partial charge in [-0.05, 0) is 25.2 Å². The molecule has 0 bridgehead atoms. The van der Waals surface area contributed by atoms with Crippen LogP contribution in [0.2, 0.25) is 0 Å². The topological polar surface area (TPSA) is 130 Å². The van der Waals surface area contributed by atoms with Gasteiger partial charge in [0, 0.05) is 0 Å². The van der Waals surface area contributed by atoms with Crippen LogP contribution in [0.5, 0.6) is 0 Å². The van der Waals surface area contributed by atoms with Gasteiger partial charge in [-0.2, -0.15) is 0 Å². The summed E-state index contributed by atoms with van der Waals surface area (Å²) in [6, 6.07) is -1.03. The Labute approximate surface area is 142 Å². The van der Waals surface area contributed by atoms with E-state index < -0.39 is 51.2 Å². The Morgan fingerprint density at radius 3 is 2.21 bits per heavy atom. The molecule has 138 valence electrons. The largest absolute Gasteiger partial charge is 0.480 e. The number of hydrogen-bond donors (Lipinski definition) is 3. The van der Waals surface area contributed by atoms with Crippen LogP contribution < -0.4 is 10.6 Å². The Balaban J connectivity index is 2.42. The molecule has 0 heterocycles. The number of sulfone groups is 1. The van der Waals surface area contributed by atoms with E-state index in [1.54, 1.807) is 0 Å². The van der Waals surface area contributed by atoms with Crippen molar-refractivity contribution in [2.45, 2.75) is 57.2 Å². The van der Waals surface area contributed by atoms with E-state index in [2.05, 4.69) is 10.6 Å². The first kappa shape index (κ1) is 20.4. The minimum atomic E-state index is -3.50. The summed E-state index contributed by atoms with van der Waals surface area (Å²) >= 11 is 0. The third-order valence-electron chi connectivity index (χ3n) is 3.93. The van der Waals surface area contributed by atoms with Gasteiger partial charge in [-0.25, -0.2) is 13.2 Å². The van der Waals surface area contributed by atoms with Gasteiger partial charge in [-0.15, -0.1) is 0 Å². The summed E-state index contributed by atoms with van der Waals surface area (Å²) in [5.74, 6) is -3.11. The van der Waals surface area contributed by atoms with Crippen LogP contribution in [0, 0.1) is 5.92 Å². The molecule has 3 N–H and O–H groups in total. The molecule has 1 fully saturated rings. The molecule has 1 saturated carbocycles. The van der Waals surface area contributed by atoms with Gasteiger partial charge in [0.05, 0.1) is 11.8 Å². The number of amides is 2. The van der Waals surface area contributed by atoms with Crippen LogP contribution in [0.25, 0.3) is 0 Å². The molecule has 0 aliphatic heterocycles. The molecule has 9 heteroatoms. The van der Waals surface area contributed by atoms with Crippen molar-refractivity contribution in [2.75, 3.05) is 12.3 Å². The third kappa shape index (κ3) is 6.86. The lowest BCUT2D eigenvalue weighted by Gasteiger charge is -2.16. The first-order valence-electron chi connectivity index (χ1n) is 8.12. The zero-order valence-electron chi connectivity index (χ0n) is 14.1. The van der Waals surface area contributed by atoms with Crippen molar-refractivity contribution < 1.29 is 27.9 Å². The quantitative estimate of drug-likeness (QED) is 0.532. The molecule has 8 nitrogen and oxygen atoms in total. The first-order chi connectivity index (χ1) is 11.1. The molecule has 0 radical (unpaired) electrons. The third-order valence-corrected chi connectivity index (χ3v) is 6.08. The second-order valence-electron chi connectivity index (χ2n) is 6.58. The Morgan fingerprint density at radius 1 is 1.12 bits per heavy atom. The summed E-state index contributed by atoms with van der Waals surface area (Å²) in [6.07, 6.45) is 3.11. The average Bonchev–Trinajstić information content (AvgIpc) is 2.98. The van der Waals surface area contributed by atoms with Crippen molar-refractivity contribution in [1.82, 2.24) is 10.6 Å². The molecule has 24 heavy (non-hydrogen) atoms. The summed E-state index contributed by atoms with van der Waals surface area (Å²) in [5.41, 5.74) is 0. The van der Waals surface area contributed by atoms with Crippen LogP contribution in [0.4, 0.5) is 0 Å². The van der Waals surface area contributed by atoms with Gasteiger partial charge in [0.25, 0.3) is 0 Å². The Bertz CT molecular complexity index is 567. The molecule has 2 amide bonds. The van der Waals surface area contributed by atoms with E-state index in [0.717, 1.165) is 12.8 Å². The van der Waals surface area contributed by atoms with Gasteiger partial charge in [-0.3, -0.25) is 9.59 Å². The fourth-order valence-corrected chi connectivity index (χ4v) is 4.47. The first-order valence-corrected chi connectivity index (χ1v) is 9.83. The number of carbonyl (C=O) groups excluding carboxylic acids is 2. The fraction of sp³-hybridized carbons (Fsp3) is 0.800. The minimum absolute atomic E-state index is 0.0811. The average molecular weight is 362 g/mol. The molecule has 0 aromatic rings. The summed E-state index contributed by atoms with van der Waals surface area (Å²) in [5, 5.41) is 13.1. The number of carboxylic acid groups (broad SMARTS) is 1. The molecule has 0 aromatic carbocycles. The standard InChI is InChI=1S/C15H26N2O6S/c1-10(2)7-12(15(20)21)17-13(18)8-16-14(19)9-24(22,23)11-5-3-4-6-11/h10-12H,3-9H2,1-2H3,(H,16,19)(H,17,18)(H,20,21)/t12-/m0/s1. The highest BCUT2D eigenvalue weighted by molar-refractivity contribution is 7.92. The number of hydrogen-bond acceptors (Lipinski definition) is 5. The van der Waals surface area contributed by atoms with Crippen LogP contribution in [0.3, 0.4) is 0 Å². The van der Waals surface area contributed by atoms with Gasteiger partial charge < -0.3 is 15.7 Å². The Kier molecular flexibility index (Phi) is 7.65. The summed E-state index contributed by atoms with van der Waals surface area (Å²) in [6.45, 7) is 3.22. The number of rotatable bonds is 9. The molecule has 0 spiro atoms. The lowest BCUT2D eigenvalue weighted by molar-refractivity contribution is -0.142. The van der Waals surface area contributed by atoms with Crippen LogP contribution in [-0.4, -0.2) is 54.9 Å². The minimum Gasteiger partial charge on any atom is -0.480 e. The van der Waals surface area contributed by atoms with Crippen LogP contribution in [0.1, 0.15) is 46.0 Å². The summed E-state index contributed by atoms with van der Waals surface area (Å²) < 4.78 is 24.1. The zero-order valence-corrected chi connectivity index (χ0v) is 14.9. The summed E-state index contributed by atoms with van der Waals surface area (Å²) in [4.78, 5) is 34.5. The van der Waals surface area contributed by atoms with E-state index >= 15 is 0 Å². The van der Waals surface area contributed by atoms with E-state index in [4.69, 9.17) is 5.11 Å². The molecule has 0 aromatic heterocycles. The Morgan fingerprint density at radius 2 is 1.71 bits per heavy atom. The SMILES string of the molecule is CC(C)C[C@H](NC(=O)CNC(=O)CS(=O)(=O)C1CCCC1)C(=O)O. The maximum absolute atomic E-state index is 12.0. The van der Waals surface area contributed by atoms with Gasteiger partial charge in [0.15, 0.2) is 9.84 Å². The van der Waals surface area contributed by atoms with Crippen molar-refractivity contribution in [3.63, 3.8) is 0 Å². The van der Waals surface area contributed by atoms with Crippen molar-refractivity contribution in [1.29, 1.82) is 0 Å². The predicted octanol–water partition coefficient (Wildman–Crippen LogP) is 0.0755. The second kappa shape index (κ2) is 9.00. The fourth-order valence-electron chi connectivity index (χ4n) is 2.72. The molecule has 1 aliphatic carbocycles. The zero-order chi connectivity index (χ0) is 18.3. The maximum Gasteiger partial charge on any atom is 0.326 e. The van der Waals surface area contributed by atoms with Gasteiger partial charge in [-0.1, -0.05) is 26.7 Å². The molecule has 1 aliphatic rings. The molecule has 0 unspecified atom stereocenters. The van der Waals surface area contributed by atoms with Gasteiger partial charge in [0.2, 0.25) is 11.8 Å². The van der Waals surface area contributed by atoms with Gasteiger partial charge in [0.1, 0.15) is 11.8 Å². The smallest absolute Gasteiger partial charge is 0.326 e. The van der Waals surface area contributed by atoms with Crippen molar-refractivity contribution in [2.24, 2.45) is 5.92 Å².